The van der Waals surface area contributed by atoms with Gasteiger partial charge in [0.05, 0.1) is 17.6 Å². The molecule has 2 aliphatic heterocycles. The average Bonchev–Trinajstić information content (AvgIpc) is 2.90. The van der Waals surface area contributed by atoms with Crippen LogP contribution in [0.5, 0.6) is 0 Å². The Labute approximate surface area is 158 Å². The minimum Gasteiger partial charge on any atom is -0.450 e. The Balaban J connectivity index is 2.01. The Morgan fingerprint density at radius 1 is 1.44 bits per heavy atom. The number of primary amides is 1. The highest BCUT2D eigenvalue weighted by Gasteiger charge is 2.50. The molecule has 3 rings (SSSR count). The third-order valence-corrected chi connectivity index (χ3v) is 5.94. The zero-order chi connectivity index (χ0) is 18.4. The number of likely N-dealkylation sites (tertiary alicyclic amines) is 1. The van der Waals surface area contributed by atoms with Crippen LogP contribution in [0.25, 0.3) is 0 Å². The fourth-order valence-electron chi connectivity index (χ4n) is 4.00. The van der Waals surface area contributed by atoms with E-state index in [4.69, 9.17) is 10.5 Å². The molecule has 6 nitrogen and oxygen atoms in total. The first-order valence-corrected chi connectivity index (χ1v) is 9.37. The van der Waals surface area contributed by atoms with Crippen LogP contribution in [0.2, 0.25) is 0 Å². The highest BCUT2D eigenvalue weighted by Crippen LogP contribution is 2.49. The highest BCUT2D eigenvalue weighted by atomic mass is 79.9. The molecule has 2 atom stereocenters. The summed E-state index contributed by atoms with van der Waals surface area (Å²) in [4.78, 5) is 28.2. The van der Waals surface area contributed by atoms with Gasteiger partial charge in [-0.1, -0.05) is 12.1 Å². The number of carbonyl (C=O) groups excluding carboxylic acids is 2. The van der Waals surface area contributed by atoms with Crippen LogP contribution < -0.4 is 10.6 Å². The van der Waals surface area contributed by atoms with Crippen molar-refractivity contribution >= 4 is 49.3 Å². The molecule has 0 aromatic heterocycles. The number of halogens is 1. The van der Waals surface area contributed by atoms with E-state index >= 15 is 0 Å². The maximum Gasteiger partial charge on any atom is 0.409 e. The lowest BCUT2D eigenvalue weighted by molar-refractivity contribution is -0.118. The first-order chi connectivity index (χ1) is 11.8. The Hall–Kier alpha value is -1.63. The SMILES string of the molecule is BC(B)(C(N)=O)N1c2c(Br)cccc2[C@@H]2CN(C(=O)OCC)CC[C@@H]21. The van der Waals surface area contributed by atoms with Gasteiger partial charge in [0, 0.05) is 29.5 Å². The minimum atomic E-state index is -0.815. The molecule has 0 spiro atoms. The van der Waals surface area contributed by atoms with Crippen LogP contribution in [0.15, 0.2) is 22.7 Å². The van der Waals surface area contributed by atoms with E-state index in [9.17, 15) is 9.59 Å². The van der Waals surface area contributed by atoms with Gasteiger partial charge in [0.25, 0.3) is 0 Å². The Bertz CT molecular complexity index is 716. The van der Waals surface area contributed by atoms with E-state index in [1.165, 1.54) is 0 Å². The van der Waals surface area contributed by atoms with Crippen LogP contribution in [0.1, 0.15) is 24.8 Å². The van der Waals surface area contributed by atoms with Crippen molar-refractivity contribution in [2.45, 2.75) is 30.6 Å². The lowest BCUT2D eigenvalue weighted by atomic mass is 9.59. The average molecular weight is 406 g/mol. The third kappa shape index (κ3) is 2.92. The van der Waals surface area contributed by atoms with Gasteiger partial charge in [0.15, 0.2) is 0 Å². The lowest BCUT2D eigenvalue weighted by Gasteiger charge is -2.45. The van der Waals surface area contributed by atoms with Crippen LogP contribution in [0.3, 0.4) is 0 Å². The summed E-state index contributed by atoms with van der Waals surface area (Å²) in [5.41, 5.74) is 7.86. The number of anilines is 1. The number of carbonyl (C=O) groups is 2. The van der Waals surface area contributed by atoms with Gasteiger partial charge >= 0.3 is 6.09 Å². The molecule has 0 radical (unpaired) electrons. The zero-order valence-corrected chi connectivity index (χ0v) is 16.4. The number of para-hydroxylation sites is 1. The van der Waals surface area contributed by atoms with E-state index in [1.807, 2.05) is 34.7 Å². The molecule has 0 aliphatic carbocycles. The van der Waals surface area contributed by atoms with Gasteiger partial charge in [0.2, 0.25) is 5.91 Å². The van der Waals surface area contributed by atoms with E-state index in [2.05, 4.69) is 26.9 Å². The second-order valence-corrected chi connectivity index (χ2v) is 7.93. The summed E-state index contributed by atoms with van der Waals surface area (Å²) >= 11 is 3.63. The molecule has 2 amide bonds. The number of amides is 2. The molecule has 25 heavy (non-hydrogen) atoms. The van der Waals surface area contributed by atoms with Gasteiger partial charge in [-0.2, -0.15) is 0 Å². The van der Waals surface area contributed by atoms with E-state index in [0.717, 1.165) is 22.1 Å². The molecule has 9 heteroatoms. The Kier molecular flexibility index (Phi) is 4.79. The maximum atomic E-state index is 12.2. The Morgan fingerprint density at radius 3 is 2.80 bits per heavy atom. The Morgan fingerprint density at radius 2 is 2.16 bits per heavy atom. The van der Waals surface area contributed by atoms with Crippen molar-refractivity contribution in [1.29, 1.82) is 0 Å². The van der Waals surface area contributed by atoms with Gasteiger partial charge < -0.3 is 20.3 Å². The quantitative estimate of drug-likeness (QED) is 0.718. The standard InChI is InChI=1S/C16H22B2BrN3O3/c1-2-25-15(24)21-7-6-12-10(8-21)9-4-3-5-11(19)13(9)22(12)16(17,18)14(20)23/h3-5,10,12H,2,6-8,17-18H2,1H3,(H2,20,23)/t10-,12-/m0/s1. The molecule has 1 aromatic rings. The van der Waals surface area contributed by atoms with Crippen molar-refractivity contribution < 1.29 is 14.3 Å². The van der Waals surface area contributed by atoms with Crippen LogP contribution in [-0.4, -0.2) is 63.7 Å². The van der Waals surface area contributed by atoms with Gasteiger partial charge in [-0.15, -0.1) is 0 Å². The molecule has 0 unspecified atom stereocenters. The summed E-state index contributed by atoms with van der Waals surface area (Å²) in [7, 11) is 3.72. The fraction of sp³-hybridized carbons (Fsp3) is 0.500. The van der Waals surface area contributed by atoms with Crippen LogP contribution in [0, 0.1) is 0 Å². The van der Waals surface area contributed by atoms with Gasteiger partial charge in [-0.05, 0) is 40.9 Å². The summed E-state index contributed by atoms with van der Waals surface area (Å²) in [6.45, 7) is 3.37. The molecule has 0 bridgehead atoms. The number of nitrogens with two attached hydrogens (primary N) is 1. The molecular weight excluding hydrogens is 384 g/mol. The topological polar surface area (TPSA) is 75.9 Å². The number of benzene rings is 1. The van der Waals surface area contributed by atoms with Crippen LogP contribution in [0.4, 0.5) is 10.5 Å². The molecule has 1 saturated heterocycles. The molecule has 2 N–H and O–H groups in total. The first-order valence-electron chi connectivity index (χ1n) is 8.58. The number of nitrogens with zero attached hydrogens (tertiary/aromatic N) is 2. The zero-order valence-electron chi connectivity index (χ0n) is 14.8. The summed E-state index contributed by atoms with van der Waals surface area (Å²) < 4.78 is 6.11. The van der Waals surface area contributed by atoms with E-state index in [1.54, 1.807) is 4.90 Å². The summed E-state index contributed by atoms with van der Waals surface area (Å²) in [5, 5.41) is -0.815. The van der Waals surface area contributed by atoms with E-state index in [-0.39, 0.29) is 24.0 Å². The molecule has 0 saturated carbocycles. The smallest absolute Gasteiger partial charge is 0.409 e. The number of hydrogen-bond acceptors (Lipinski definition) is 4. The summed E-state index contributed by atoms with van der Waals surface area (Å²) in [6.07, 6.45) is 0.492. The van der Waals surface area contributed by atoms with Gasteiger partial charge in [-0.25, -0.2) is 4.79 Å². The van der Waals surface area contributed by atoms with Crippen molar-refractivity contribution in [3.8, 4) is 0 Å². The maximum absolute atomic E-state index is 12.2. The van der Waals surface area contributed by atoms with Crippen LogP contribution in [-0.2, 0) is 9.53 Å². The molecule has 1 aromatic carbocycles. The number of rotatable bonds is 3. The third-order valence-electron chi connectivity index (χ3n) is 5.30. The lowest BCUT2D eigenvalue weighted by Crippen LogP contribution is -2.63. The predicted molar refractivity (Wildman–Crippen MR) is 105 cm³/mol. The van der Waals surface area contributed by atoms with Gasteiger partial charge in [0.1, 0.15) is 15.7 Å². The van der Waals surface area contributed by atoms with Crippen molar-refractivity contribution in [3.63, 3.8) is 0 Å². The van der Waals surface area contributed by atoms with Crippen molar-refractivity contribution in [2.24, 2.45) is 5.73 Å². The van der Waals surface area contributed by atoms with Crippen molar-refractivity contribution in [3.05, 3.63) is 28.2 Å². The van der Waals surface area contributed by atoms with E-state index < -0.39 is 5.34 Å². The summed E-state index contributed by atoms with van der Waals surface area (Å²) in [6, 6.07) is 6.17. The molecule has 1 fully saturated rings. The second-order valence-electron chi connectivity index (χ2n) is 7.08. The second kappa shape index (κ2) is 6.59. The van der Waals surface area contributed by atoms with Crippen molar-refractivity contribution in [2.75, 3.05) is 24.6 Å². The van der Waals surface area contributed by atoms with Gasteiger partial charge in [-0.3, -0.25) is 4.79 Å². The number of hydrogen-bond donors (Lipinski definition) is 1. The number of ether oxygens (including phenoxy) is 1. The van der Waals surface area contributed by atoms with Crippen molar-refractivity contribution in [1.82, 2.24) is 4.90 Å². The molecule has 2 heterocycles. The van der Waals surface area contributed by atoms with E-state index in [0.29, 0.717) is 19.7 Å². The molecule has 2 aliphatic rings. The molecule has 132 valence electrons. The first kappa shape index (κ1) is 18.2. The summed E-state index contributed by atoms with van der Waals surface area (Å²) in [5.74, 6) is -0.230. The minimum absolute atomic E-state index is 0.127. The highest BCUT2D eigenvalue weighted by molar-refractivity contribution is 9.10. The normalized spacial score (nSPS) is 22.3. The number of piperidine rings is 1. The predicted octanol–water partition coefficient (Wildman–Crippen LogP) is -0.0112. The monoisotopic (exact) mass is 405 g/mol. The largest absolute Gasteiger partial charge is 0.450 e. The molecular formula is C16H22B2BrN3O3. The number of fused-ring (bicyclic) bond motifs is 3. The fourth-order valence-corrected chi connectivity index (χ4v) is 4.57. The van der Waals surface area contributed by atoms with Crippen LogP contribution >= 0.6 is 15.9 Å².